The Morgan fingerprint density at radius 3 is 2.68 bits per heavy atom. The number of piperidine rings is 1. The molecule has 2 aliphatic heterocycles. The second-order valence-corrected chi connectivity index (χ2v) is 7.27. The quantitative estimate of drug-likeness (QED) is 0.800. The van der Waals surface area contributed by atoms with Gasteiger partial charge in [0.15, 0.2) is 11.5 Å². The first kappa shape index (κ1) is 20.6. The van der Waals surface area contributed by atoms with Gasteiger partial charge in [-0.25, -0.2) is 0 Å². The highest BCUT2D eigenvalue weighted by atomic mass is 35.5. The molecule has 0 spiro atoms. The van der Waals surface area contributed by atoms with Gasteiger partial charge in [-0.15, -0.1) is 12.4 Å². The number of benzene rings is 1. The van der Waals surface area contributed by atoms with Crippen molar-refractivity contribution in [3.63, 3.8) is 0 Å². The van der Waals surface area contributed by atoms with E-state index >= 15 is 0 Å². The molecule has 1 amide bonds. The lowest BCUT2D eigenvalue weighted by Gasteiger charge is -2.32. The van der Waals surface area contributed by atoms with Gasteiger partial charge in [-0.1, -0.05) is 6.07 Å². The smallest absolute Gasteiger partial charge is 0.256 e. The second-order valence-electron chi connectivity index (χ2n) is 7.27. The van der Waals surface area contributed by atoms with Crippen LogP contribution in [0.25, 0.3) is 11.1 Å². The van der Waals surface area contributed by atoms with Crippen molar-refractivity contribution in [2.24, 2.45) is 5.92 Å². The third kappa shape index (κ3) is 4.28. The zero-order valence-corrected chi connectivity index (χ0v) is 17.0. The van der Waals surface area contributed by atoms with Gasteiger partial charge in [0.2, 0.25) is 0 Å². The highest BCUT2D eigenvalue weighted by Crippen LogP contribution is 2.36. The number of nitrogens with zero attached hydrogens (tertiary/aromatic N) is 1. The van der Waals surface area contributed by atoms with Crippen molar-refractivity contribution in [1.82, 2.24) is 15.2 Å². The molecule has 3 heterocycles. The normalized spacial score (nSPS) is 16.5. The molecule has 1 aromatic heterocycles. The maximum Gasteiger partial charge on any atom is 0.256 e. The average Bonchev–Trinajstić information content (AvgIpc) is 3.21. The van der Waals surface area contributed by atoms with Crippen LogP contribution in [0.15, 0.2) is 30.6 Å². The highest BCUT2D eigenvalue weighted by Gasteiger charge is 2.26. The van der Waals surface area contributed by atoms with E-state index in [2.05, 4.69) is 10.3 Å². The van der Waals surface area contributed by atoms with Crippen LogP contribution in [0.1, 0.15) is 29.6 Å². The number of fused-ring (bicyclic) bond motifs is 1. The van der Waals surface area contributed by atoms with Crippen LogP contribution < -0.4 is 14.8 Å². The first-order valence-corrected chi connectivity index (χ1v) is 9.77. The van der Waals surface area contributed by atoms with Gasteiger partial charge in [0.05, 0.1) is 5.56 Å². The van der Waals surface area contributed by atoms with Crippen LogP contribution in [0.2, 0.25) is 0 Å². The van der Waals surface area contributed by atoms with Gasteiger partial charge in [-0.3, -0.25) is 4.79 Å². The Kier molecular flexibility index (Phi) is 6.86. The first-order chi connectivity index (χ1) is 13.3. The van der Waals surface area contributed by atoms with E-state index in [1.807, 2.05) is 42.5 Å². The Morgan fingerprint density at radius 1 is 1.18 bits per heavy atom. The molecular formula is C21H28ClN3O3. The number of aromatic amines is 1. The maximum absolute atomic E-state index is 13.1. The van der Waals surface area contributed by atoms with Crippen LogP contribution in [0.4, 0.5) is 0 Å². The summed E-state index contributed by atoms with van der Waals surface area (Å²) in [6.07, 6.45) is 7.04. The van der Waals surface area contributed by atoms with Gasteiger partial charge in [0.25, 0.3) is 5.91 Å². The van der Waals surface area contributed by atoms with Gasteiger partial charge in [0, 0.05) is 31.0 Å². The van der Waals surface area contributed by atoms with Crippen molar-refractivity contribution in [3.05, 3.63) is 36.2 Å². The Morgan fingerprint density at radius 2 is 1.93 bits per heavy atom. The lowest BCUT2D eigenvalue weighted by Crippen LogP contribution is -2.39. The van der Waals surface area contributed by atoms with E-state index in [1.54, 1.807) is 0 Å². The molecule has 1 fully saturated rings. The third-order valence-corrected chi connectivity index (χ3v) is 5.53. The number of rotatable bonds is 5. The molecular weight excluding hydrogens is 378 g/mol. The average molecular weight is 406 g/mol. The highest BCUT2D eigenvalue weighted by molar-refractivity contribution is 6.01. The molecule has 0 unspecified atom stereocenters. The lowest BCUT2D eigenvalue weighted by molar-refractivity contribution is 0.0688. The van der Waals surface area contributed by atoms with Gasteiger partial charge in [-0.05, 0) is 56.5 Å². The molecule has 152 valence electrons. The SMILES string of the molecule is CNCCC1CCN(C(=O)c2c[nH]cc2-c2ccc3c(c2)OCCO3)CC1.Cl. The van der Waals surface area contributed by atoms with E-state index < -0.39 is 0 Å². The number of hydrogen-bond donors (Lipinski definition) is 2. The van der Waals surface area contributed by atoms with Gasteiger partial charge < -0.3 is 24.7 Å². The largest absolute Gasteiger partial charge is 0.486 e. The fourth-order valence-electron chi connectivity index (χ4n) is 3.93. The minimum Gasteiger partial charge on any atom is -0.486 e. The number of hydrogen-bond acceptors (Lipinski definition) is 4. The summed E-state index contributed by atoms with van der Waals surface area (Å²) in [6.45, 7) is 3.84. The third-order valence-electron chi connectivity index (χ3n) is 5.53. The van der Waals surface area contributed by atoms with E-state index in [9.17, 15) is 4.79 Å². The van der Waals surface area contributed by atoms with Crippen LogP contribution in [-0.2, 0) is 0 Å². The molecule has 2 aliphatic rings. The molecule has 0 bridgehead atoms. The molecule has 2 aromatic rings. The zero-order valence-electron chi connectivity index (χ0n) is 16.2. The van der Waals surface area contributed by atoms with Crippen molar-refractivity contribution in [2.45, 2.75) is 19.3 Å². The zero-order chi connectivity index (χ0) is 18.6. The Balaban J connectivity index is 0.00000225. The summed E-state index contributed by atoms with van der Waals surface area (Å²) >= 11 is 0. The summed E-state index contributed by atoms with van der Waals surface area (Å²) in [6, 6.07) is 5.86. The summed E-state index contributed by atoms with van der Waals surface area (Å²) in [7, 11) is 1.99. The predicted molar refractivity (Wildman–Crippen MR) is 112 cm³/mol. The van der Waals surface area contributed by atoms with Crippen LogP contribution >= 0.6 is 12.4 Å². The summed E-state index contributed by atoms with van der Waals surface area (Å²) in [5.41, 5.74) is 2.60. The van der Waals surface area contributed by atoms with E-state index in [4.69, 9.17) is 9.47 Å². The molecule has 0 aliphatic carbocycles. The fraction of sp³-hybridized carbons (Fsp3) is 0.476. The summed E-state index contributed by atoms with van der Waals surface area (Å²) in [4.78, 5) is 18.2. The monoisotopic (exact) mass is 405 g/mol. The van der Waals surface area contributed by atoms with Crippen LogP contribution in [-0.4, -0.2) is 55.7 Å². The number of carbonyl (C=O) groups excluding carboxylic acids is 1. The minimum absolute atomic E-state index is 0. The Hall–Kier alpha value is -2.18. The Labute approximate surface area is 172 Å². The summed E-state index contributed by atoms with van der Waals surface area (Å²) in [5.74, 6) is 2.32. The van der Waals surface area contributed by atoms with E-state index in [-0.39, 0.29) is 18.3 Å². The molecule has 0 atom stereocenters. The Bertz CT molecular complexity index is 800. The van der Waals surface area contributed by atoms with Crippen molar-refractivity contribution < 1.29 is 14.3 Å². The first-order valence-electron chi connectivity index (χ1n) is 9.77. The number of aromatic nitrogens is 1. The molecule has 2 N–H and O–H groups in total. The number of carbonyl (C=O) groups is 1. The van der Waals surface area contributed by atoms with Crippen molar-refractivity contribution >= 4 is 18.3 Å². The molecule has 4 rings (SSSR count). The molecule has 1 saturated heterocycles. The molecule has 1 aromatic carbocycles. The van der Waals surface area contributed by atoms with E-state index in [1.165, 1.54) is 6.42 Å². The summed E-state index contributed by atoms with van der Waals surface area (Å²) < 4.78 is 11.3. The number of nitrogens with one attached hydrogen (secondary N) is 2. The van der Waals surface area contributed by atoms with E-state index in [0.717, 1.165) is 60.7 Å². The van der Waals surface area contributed by atoms with Crippen LogP contribution in [0, 0.1) is 5.92 Å². The van der Waals surface area contributed by atoms with Crippen molar-refractivity contribution in [2.75, 3.05) is 39.9 Å². The number of amides is 1. The molecule has 0 saturated carbocycles. The number of H-pyrrole nitrogens is 1. The minimum atomic E-state index is 0. The van der Waals surface area contributed by atoms with Gasteiger partial charge in [-0.2, -0.15) is 0 Å². The lowest BCUT2D eigenvalue weighted by atomic mass is 9.93. The van der Waals surface area contributed by atoms with Gasteiger partial charge in [0.1, 0.15) is 13.2 Å². The van der Waals surface area contributed by atoms with E-state index in [0.29, 0.717) is 19.1 Å². The van der Waals surface area contributed by atoms with Crippen LogP contribution in [0.3, 0.4) is 0 Å². The van der Waals surface area contributed by atoms with Crippen molar-refractivity contribution in [1.29, 1.82) is 0 Å². The number of halogens is 1. The van der Waals surface area contributed by atoms with Crippen molar-refractivity contribution in [3.8, 4) is 22.6 Å². The number of likely N-dealkylation sites (tertiary alicyclic amines) is 1. The molecule has 28 heavy (non-hydrogen) atoms. The second kappa shape index (κ2) is 9.34. The van der Waals surface area contributed by atoms with Gasteiger partial charge >= 0.3 is 0 Å². The molecule has 0 radical (unpaired) electrons. The maximum atomic E-state index is 13.1. The predicted octanol–water partition coefficient (Wildman–Crippen LogP) is 3.34. The topological polar surface area (TPSA) is 66.6 Å². The summed E-state index contributed by atoms with van der Waals surface area (Å²) in [5, 5.41) is 3.21. The number of ether oxygens (including phenoxy) is 2. The molecule has 6 nitrogen and oxygen atoms in total. The van der Waals surface area contributed by atoms with Crippen LogP contribution in [0.5, 0.6) is 11.5 Å². The molecule has 7 heteroatoms. The fourth-order valence-corrected chi connectivity index (χ4v) is 3.93. The standard InChI is InChI=1S/C21H27N3O3.ClH/c1-22-7-4-15-5-8-24(9-6-15)21(25)18-14-23-13-17(18)16-2-3-19-20(12-16)27-11-10-26-19;/h2-3,12-15,22-23H,4-11H2,1H3;1H.